The summed E-state index contributed by atoms with van der Waals surface area (Å²) in [6.07, 6.45) is 8.54. The lowest BCUT2D eigenvalue weighted by Crippen LogP contribution is -2.43. The van der Waals surface area contributed by atoms with Crippen molar-refractivity contribution in [2.75, 3.05) is 13.6 Å². The Morgan fingerprint density at radius 3 is 2.55 bits per heavy atom. The van der Waals surface area contributed by atoms with Crippen molar-refractivity contribution in [1.82, 2.24) is 14.8 Å². The molecule has 0 bridgehead atoms. The molecule has 1 aliphatic heterocycles. The molecular formula is C25H31N3O3. The van der Waals surface area contributed by atoms with Gasteiger partial charge in [-0.3, -0.25) is 14.4 Å². The van der Waals surface area contributed by atoms with Crippen LogP contribution in [0.2, 0.25) is 0 Å². The zero-order valence-corrected chi connectivity index (χ0v) is 18.2. The van der Waals surface area contributed by atoms with E-state index in [4.69, 9.17) is 0 Å². The van der Waals surface area contributed by atoms with Gasteiger partial charge in [0.2, 0.25) is 5.91 Å². The normalized spacial score (nSPS) is 16.6. The first-order chi connectivity index (χ1) is 15.1. The van der Waals surface area contributed by atoms with Gasteiger partial charge >= 0.3 is 0 Å². The standard InChI is InChI=1S/C25H31N3O3/c1-26-23(29)22-21-13-15-27(24(30)19-10-6-3-7-11-19)16-20(21)17-28(25(22)31)14-12-18-8-4-2-5-9-18/h2,4-5,8-9,17,19H,3,6-7,10-16H2,1H3,(H,26,29). The number of carbonyl (C=O) groups is 2. The number of aromatic nitrogens is 1. The third-order valence-electron chi connectivity index (χ3n) is 6.67. The van der Waals surface area contributed by atoms with Crippen molar-refractivity contribution >= 4 is 11.8 Å². The van der Waals surface area contributed by atoms with Crippen LogP contribution >= 0.6 is 0 Å². The molecule has 1 aliphatic carbocycles. The zero-order valence-electron chi connectivity index (χ0n) is 18.2. The minimum absolute atomic E-state index is 0.123. The maximum atomic E-state index is 13.1. The number of pyridine rings is 1. The summed E-state index contributed by atoms with van der Waals surface area (Å²) in [7, 11) is 1.55. The molecule has 0 atom stereocenters. The number of aryl methyl sites for hydroxylation is 2. The molecule has 1 fully saturated rings. The first-order valence-corrected chi connectivity index (χ1v) is 11.4. The van der Waals surface area contributed by atoms with Crippen LogP contribution in [0.15, 0.2) is 41.3 Å². The van der Waals surface area contributed by atoms with Crippen molar-refractivity contribution < 1.29 is 9.59 Å². The summed E-state index contributed by atoms with van der Waals surface area (Å²) in [5.74, 6) is 0.00828. The predicted molar refractivity (Wildman–Crippen MR) is 120 cm³/mol. The summed E-state index contributed by atoms with van der Waals surface area (Å²) in [5, 5.41) is 2.63. The molecule has 1 N–H and O–H groups in total. The third-order valence-corrected chi connectivity index (χ3v) is 6.67. The van der Waals surface area contributed by atoms with Crippen LogP contribution in [0.5, 0.6) is 0 Å². The Morgan fingerprint density at radius 2 is 1.84 bits per heavy atom. The van der Waals surface area contributed by atoms with Gasteiger partial charge in [-0.25, -0.2) is 0 Å². The Morgan fingerprint density at radius 1 is 1.10 bits per heavy atom. The minimum atomic E-state index is -0.345. The molecule has 31 heavy (non-hydrogen) atoms. The number of hydrogen-bond donors (Lipinski definition) is 1. The lowest BCUT2D eigenvalue weighted by atomic mass is 9.87. The van der Waals surface area contributed by atoms with E-state index in [0.717, 1.165) is 42.4 Å². The largest absolute Gasteiger partial charge is 0.355 e. The fraction of sp³-hybridized carbons (Fsp3) is 0.480. The van der Waals surface area contributed by atoms with Crippen LogP contribution in [0.3, 0.4) is 0 Å². The predicted octanol–water partition coefficient (Wildman–Crippen LogP) is 2.92. The molecule has 1 aromatic carbocycles. The van der Waals surface area contributed by atoms with E-state index in [1.165, 1.54) is 6.42 Å². The lowest BCUT2D eigenvalue weighted by Gasteiger charge is -2.34. The summed E-state index contributed by atoms with van der Waals surface area (Å²) in [4.78, 5) is 40.7. The van der Waals surface area contributed by atoms with E-state index >= 15 is 0 Å². The van der Waals surface area contributed by atoms with Crippen LogP contribution in [0.1, 0.15) is 59.2 Å². The molecule has 164 valence electrons. The fourth-order valence-corrected chi connectivity index (χ4v) is 4.93. The van der Waals surface area contributed by atoms with Crippen LogP contribution in [0.4, 0.5) is 0 Å². The molecule has 2 aromatic rings. The topological polar surface area (TPSA) is 71.4 Å². The van der Waals surface area contributed by atoms with Gasteiger partial charge < -0.3 is 14.8 Å². The van der Waals surface area contributed by atoms with Crippen molar-refractivity contribution in [3.63, 3.8) is 0 Å². The summed E-state index contributed by atoms with van der Waals surface area (Å²) in [6.45, 7) is 1.54. The second-order valence-corrected chi connectivity index (χ2v) is 8.67. The number of fused-ring (bicyclic) bond motifs is 1. The molecule has 1 aromatic heterocycles. The van der Waals surface area contributed by atoms with Crippen LogP contribution in [-0.2, 0) is 30.7 Å². The third kappa shape index (κ3) is 4.58. The number of nitrogens with zero attached hydrogens (tertiary/aromatic N) is 2. The van der Waals surface area contributed by atoms with Gasteiger partial charge in [0.15, 0.2) is 0 Å². The Kier molecular flexibility index (Phi) is 6.54. The Labute approximate surface area is 183 Å². The second-order valence-electron chi connectivity index (χ2n) is 8.67. The van der Waals surface area contributed by atoms with Crippen LogP contribution < -0.4 is 10.9 Å². The van der Waals surface area contributed by atoms with Gasteiger partial charge in [-0.1, -0.05) is 49.6 Å². The monoisotopic (exact) mass is 421 g/mol. The van der Waals surface area contributed by atoms with Gasteiger partial charge in [0, 0.05) is 38.8 Å². The highest BCUT2D eigenvalue weighted by Crippen LogP contribution is 2.28. The highest BCUT2D eigenvalue weighted by molar-refractivity contribution is 5.95. The highest BCUT2D eigenvalue weighted by atomic mass is 16.2. The van der Waals surface area contributed by atoms with Gasteiger partial charge in [0.25, 0.3) is 11.5 Å². The Balaban J connectivity index is 1.62. The van der Waals surface area contributed by atoms with Crippen LogP contribution in [0, 0.1) is 5.92 Å². The molecule has 0 saturated heterocycles. The maximum absolute atomic E-state index is 13.1. The SMILES string of the molecule is CNC(=O)c1c2c(cn(CCc3ccccc3)c1=O)CN(C(=O)C1CCCCC1)CC2. The fourth-order valence-electron chi connectivity index (χ4n) is 4.93. The average Bonchev–Trinajstić information content (AvgIpc) is 2.82. The molecule has 6 nitrogen and oxygen atoms in total. The van der Waals surface area contributed by atoms with E-state index in [1.54, 1.807) is 11.6 Å². The molecule has 2 heterocycles. The first kappa shape index (κ1) is 21.3. The molecule has 6 heteroatoms. The Hall–Kier alpha value is -2.89. The van der Waals surface area contributed by atoms with Crippen molar-refractivity contribution in [3.05, 3.63) is 69.1 Å². The van der Waals surface area contributed by atoms with Crippen molar-refractivity contribution in [2.45, 2.75) is 58.0 Å². The van der Waals surface area contributed by atoms with Gasteiger partial charge in [-0.15, -0.1) is 0 Å². The molecule has 0 radical (unpaired) electrons. The average molecular weight is 422 g/mol. The molecule has 0 unspecified atom stereocenters. The quantitative estimate of drug-likeness (QED) is 0.807. The van der Waals surface area contributed by atoms with E-state index in [-0.39, 0.29) is 28.9 Å². The molecule has 2 amide bonds. The van der Waals surface area contributed by atoms with E-state index < -0.39 is 0 Å². The van der Waals surface area contributed by atoms with Gasteiger partial charge in [-0.2, -0.15) is 0 Å². The van der Waals surface area contributed by atoms with Gasteiger partial charge in [0.05, 0.1) is 0 Å². The smallest absolute Gasteiger partial charge is 0.263 e. The zero-order chi connectivity index (χ0) is 21.8. The van der Waals surface area contributed by atoms with E-state index in [9.17, 15) is 14.4 Å². The summed E-state index contributed by atoms with van der Waals surface area (Å²) in [5.41, 5.74) is 2.84. The van der Waals surface area contributed by atoms with Gasteiger partial charge in [-0.05, 0) is 42.4 Å². The molecular weight excluding hydrogens is 390 g/mol. The highest BCUT2D eigenvalue weighted by Gasteiger charge is 2.31. The molecule has 0 spiro atoms. The number of amides is 2. The lowest BCUT2D eigenvalue weighted by molar-refractivity contribution is -0.137. The Bertz CT molecular complexity index is 1010. The molecule has 4 rings (SSSR count). The maximum Gasteiger partial charge on any atom is 0.263 e. The first-order valence-electron chi connectivity index (χ1n) is 11.4. The van der Waals surface area contributed by atoms with Crippen LogP contribution in [-0.4, -0.2) is 34.9 Å². The van der Waals surface area contributed by atoms with Gasteiger partial charge in [0.1, 0.15) is 5.56 Å². The molecule has 1 saturated carbocycles. The minimum Gasteiger partial charge on any atom is -0.355 e. The summed E-state index contributed by atoms with van der Waals surface area (Å²) in [6, 6.07) is 10.0. The van der Waals surface area contributed by atoms with Crippen molar-refractivity contribution in [2.24, 2.45) is 5.92 Å². The summed E-state index contributed by atoms with van der Waals surface area (Å²) >= 11 is 0. The number of rotatable bonds is 5. The number of carbonyl (C=O) groups excluding carboxylic acids is 2. The van der Waals surface area contributed by atoms with E-state index in [1.807, 2.05) is 41.4 Å². The molecule has 2 aliphatic rings. The van der Waals surface area contributed by atoms with E-state index in [2.05, 4.69) is 5.32 Å². The van der Waals surface area contributed by atoms with Crippen LogP contribution in [0.25, 0.3) is 0 Å². The van der Waals surface area contributed by atoms with Crippen molar-refractivity contribution in [1.29, 1.82) is 0 Å². The second kappa shape index (κ2) is 9.50. The van der Waals surface area contributed by atoms with E-state index in [0.29, 0.717) is 32.5 Å². The summed E-state index contributed by atoms with van der Waals surface area (Å²) < 4.78 is 1.64. The van der Waals surface area contributed by atoms with Crippen molar-refractivity contribution in [3.8, 4) is 0 Å². The number of nitrogens with one attached hydrogen (secondary N) is 1. The number of benzene rings is 1. The number of hydrogen-bond acceptors (Lipinski definition) is 3.